The van der Waals surface area contributed by atoms with Crippen molar-refractivity contribution in [1.29, 1.82) is 0 Å². The van der Waals surface area contributed by atoms with Crippen molar-refractivity contribution >= 4 is 10.8 Å². The SMILES string of the molecule is [2H]c1c([2H])c([2H])c2c([2H])c(-c3ccc(-c4nc(-c5ccccc5)nc(-c5ccc(-c6cccc7c6-c6ccccc6C7(C)C)cc5)n4)cc3)c([2H])c([2H])c2c1[2H]. The topological polar surface area (TPSA) is 38.7 Å². The first kappa shape index (κ1) is 22.4. The van der Waals surface area contributed by atoms with Crippen molar-refractivity contribution in [1.82, 2.24) is 15.0 Å². The molecule has 0 amide bonds. The molecule has 0 spiro atoms. The molecule has 7 aromatic carbocycles. The van der Waals surface area contributed by atoms with Gasteiger partial charge in [-0.15, -0.1) is 0 Å². The molecule has 0 N–H and O–H groups in total. The summed E-state index contributed by atoms with van der Waals surface area (Å²) in [5, 5.41) is -0.213. The van der Waals surface area contributed by atoms with Crippen molar-refractivity contribution in [2.45, 2.75) is 19.3 Å². The van der Waals surface area contributed by atoms with E-state index < -0.39 is 24.2 Å². The molecule has 1 heterocycles. The Bertz CT molecular complexity index is 2890. The zero-order valence-electron chi connectivity index (χ0n) is 33.9. The van der Waals surface area contributed by atoms with Gasteiger partial charge in [-0.2, -0.15) is 0 Å². The summed E-state index contributed by atoms with van der Waals surface area (Å²) in [6.07, 6.45) is 0. The van der Waals surface area contributed by atoms with E-state index in [9.17, 15) is 0 Å². The van der Waals surface area contributed by atoms with Gasteiger partial charge in [-0.1, -0.05) is 171 Å². The van der Waals surface area contributed by atoms with Crippen LogP contribution in [-0.2, 0) is 5.41 Å². The van der Waals surface area contributed by atoms with Crippen LogP contribution in [0.25, 0.3) is 78.3 Å². The Kier molecular flexibility index (Phi) is 5.26. The average molecular weight is 635 g/mol. The highest BCUT2D eigenvalue weighted by molar-refractivity contribution is 5.93. The molecule has 3 nitrogen and oxygen atoms in total. The average Bonchev–Trinajstić information content (AvgIpc) is 3.47. The highest BCUT2D eigenvalue weighted by atomic mass is 15.0. The fraction of sp³-hybridized carbons (Fsp3) is 0.0652. The number of fused-ring (bicyclic) bond motifs is 4. The van der Waals surface area contributed by atoms with E-state index >= 15 is 0 Å². The second-order valence-electron chi connectivity index (χ2n) is 12.7. The van der Waals surface area contributed by atoms with Crippen molar-refractivity contribution in [2.75, 3.05) is 0 Å². The lowest BCUT2D eigenvalue weighted by molar-refractivity contribution is 0.660. The molecule has 0 fully saturated rings. The lowest BCUT2D eigenvalue weighted by Crippen LogP contribution is -2.14. The number of hydrogen-bond acceptors (Lipinski definition) is 3. The van der Waals surface area contributed by atoms with E-state index in [1.54, 1.807) is 24.3 Å². The Hall–Kier alpha value is -6.19. The van der Waals surface area contributed by atoms with E-state index in [-0.39, 0.29) is 39.9 Å². The first-order chi connectivity index (χ1) is 27.0. The monoisotopic (exact) mass is 634 g/mol. The van der Waals surface area contributed by atoms with Crippen LogP contribution in [0.2, 0.25) is 0 Å². The molecule has 0 unspecified atom stereocenters. The molecule has 0 atom stereocenters. The van der Waals surface area contributed by atoms with E-state index in [0.29, 0.717) is 28.6 Å². The van der Waals surface area contributed by atoms with Crippen molar-refractivity contribution in [3.8, 4) is 67.5 Å². The molecule has 8 aromatic rings. The highest BCUT2D eigenvalue weighted by Crippen LogP contribution is 2.52. The van der Waals surface area contributed by atoms with Gasteiger partial charge in [0.15, 0.2) is 17.5 Å². The van der Waals surface area contributed by atoms with Crippen molar-refractivity contribution in [3.05, 3.63) is 175 Å². The minimum atomic E-state index is -0.496. The molecule has 1 aliphatic carbocycles. The molecule has 1 aliphatic rings. The maximum Gasteiger partial charge on any atom is 0.164 e. The molecule has 1 aromatic heterocycles. The minimum Gasteiger partial charge on any atom is -0.208 e. The summed E-state index contributed by atoms with van der Waals surface area (Å²) in [6, 6.07) is 37.5. The molecule has 0 saturated carbocycles. The molecular weight excluding hydrogens is 595 g/mol. The van der Waals surface area contributed by atoms with Gasteiger partial charge in [0.2, 0.25) is 0 Å². The van der Waals surface area contributed by atoms with E-state index in [2.05, 4.69) is 68.4 Å². The summed E-state index contributed by atoms with van der Waals surface area (Å²) in [5.74, 6) is 1.43. The summed E-state index contributed by atoms with van der Waals surface area (Å²) in [6.45, 7) is 4.56. The Morgan fingerprint density at radius 1 is 0.429 bits per heavy atom. The standard InChI is InChI=1S/C46H33N3/c1-46(2)40-17-9-8-15-39(40)42-38(16-10-18-41(42)46)32-22-26-35(27-23-32)45-48-43(33-12-4-3-5-13-33)47-44(49-45)34-24-19-31(20-25-34)37-28-21-30-11-6-7-14-36(30)29-37/h3-29H,1-2H3/i6D,7D,11D,14D,21D,28D,29D. The van der Waals surface area contributed by atoms with Crippen molar-refractivity contribution in [2.24, 2.45) is 0 Å². The molecule has 0 aliphatic heterocycles. The second kappa shape index (κ2) is 11.5. The van der Waals surface area contributed by atoms with Gasteiger partial charge in [0, 0.05) is 22.1 Å². The number of benzene rings is 7. The molecule has 49 heavy (non-hydrogen) atoms. The minimum absolute atomic E-state index is 0.0815. The smallest absolute Gasteiger partial charge is 0.164 e. The van der Waals surface area contributed by atoms with E-state index in [1.807, 2.05) is 42.5 Å². The third-order valence-electron chi connectivity index (χ3n) is 9.41. The number of hydrogen-bond donors (Lipinski definition) is 0. The third-order valence-corrected chi connectivity index (χ3v) is 9.41. The van der Waals surface area contributed by atoms with Crippen molar-refractivity contribution < 1.29 is 9.60 Å². The maximum atomic E-state index is 8.96. The zero-order valence-corrected chi connectivity index (χ0v) is 26.9. The molecule has 0 saturated heterocycles. The van der Waals surface area contributed by atoms with Gasteiger partial charge in [0.25, 0.3) is 0 Å². The van der Waals surface area contributed by atoms with Gasteiger partial charge < -0.3 is 0 Å². The quantitative estimate of drug-likeness (QED) is 0.189. The number of rotatable bonds is 5. The largest absolute Gasteiger partial charge is 0.208 e. The van der Waals surface area contributed by atoms with Gasteiger partial charge in [-0.25, -0.2) is 15.0 Å². The first-order valence-corrected chi connectivity index (χ1v) is 16.2. The second-order valence-corrected chi connectivity index (χ2v) is 12.7. The fourth-order valence-corrected chi connectivity index (χ4v) is 6.86. The predicted molar refractivity (Wildman–Crippen MR) is 202 cm³/mol. The van der Waals surface area contributed by atoms with Gasteiger partial charge in [0.05, 0.1) is 9.60 Å². The van der Waals surface area contributed by atoms with Crippen LogP contribution in [0, 0.1) is 0 Å². The van der Waals surface area contributed by atoms with E-state index in [1.165, 1.54) is 27.8 Å². The number of aromatic nitrogens is 3. The molecule has 0 radical (unpaired) electrons. The third kappa shape index (κ3) is 5.03. The maximum absolute atomic E-state index is 8.96. The van der Waals surface area contributed by atoms with Crippen LogP contribution in [0.1, 0.15) is 34.6 Å². The number of nitrogens with zero attached hydrogens (tertiary/aromatic N) is 3. The fourth-order valence-electron chi connectivity index (χ4n) is 6.86. The Morgan fingerprint density at radius 3 is 1.65 bits per heavy atom. The van der Waals surface area contributed by atoms with Gasteiger partial charge >= 0.3 is 0 Å². The molecular formula is C46H33N3. The van der Waals surface area contributed by atoms with E-state index in [4.69, 9.17) is 24.5 Å². The summed E-state index contributed by atoms with van der Waals surface area (Å²) in [5.41, 5.74) is 10.2. The normalized spacial score (nSPS) is 14.9. The van der Waals surface area contributed by atoms with Crippen LogP contribution < -0.4 is 0 Å². The van der Waals surface area contributed by atoms with E-state index in [0.717, 1.165) is 16.7 Å². The highest BCUT2D eigenvalue weighted by Gasteiger charge is 2.36. The zero-order chi connectivity index (χ0) is 39.0. The summed E-state index contributed by atoms with van der Waals surface area (Å²) < 4.78 is 59.4. The lowest BCUT2D eigenvalue weighted by atomic mass is 9.82. The molecule has 232 valence electrons. The molecule has 0 bridgehead atoms. The summed E-state index contributed by atoms with van der Waals surface area (Å²) in [4.78, 5) is 14.7. The summed E-state index contributed by atoms with van der Waals surface area (Å²) >= 11 is 0. The van der Waals surface area contributed by atoms with Gasteiger partial charge in [-0.3, -0.25) is 0 Å². The molecule has 9 rings (SSSR count). The Balaban J connectivity index is 1.12. The lowest BCUT2D eigenvalue weighted by Gasteiger charge is -2.21. The van der Waals surface area contributed by atoms with Crippen LogP contribution in [0.4, 0.5) is 0 Å². The van der Waals surface area contributed by atoms with Gasteiger partial charge in [0.1, 0.15) is 0 Å². The van der Waals surface area contributed by atoms with Crippen LogP contribution >= 0.6 is 0 Å². The van der Waals surface area contributed by atoms with Crippen LogP contribution in [-0.4, -0.2) is 15.0 Å². The first-order valence-electron chi connectivity index (χ1n) is 19.7. The van der Waals surface area contributed by atoms with Crippen molar-refractivity contribution in [3.63, 3.8) is 0 Å². The van der Waals surface area contributed by atoms with Gasteiger partial charge in [-0.05, 0) is 61.3 Å². The Morgan fingerprint density at radius 2 is 0.959 bits per heavy atom. The van der Waals surface area contributed by atoms with Crippen LogP contribution in [0.3, 0.4) is 0 Å². The Labute approximate surface area is 296 Å². The van der Waals surface area contributed by atoms with Crippen LogP contribution in [0.15, 0.2) is 164 Å². The molecule has 3 heteroatoms. The summed E-state index contributed by atoms with van der Waals surface area (Å²) in [7, 11) is 0. The predicted octanol–water partition coefficient (Wildman–Crippen LogP) is 11.7. The van der Waals surface area contributed by atoms with Crippen LogP contribution in [0.5, 0.6) is 0 Å².